The third kappa shape index (κ3) is 2.67. The summed E-state index contributed by atoms with van der Waals surface area (Å²) in [5, 5.41) is 3.38. The molecule has 15 heavy (non-hydrogen) atoms. The topological polar surface area (TPSA) is 24.9 Å². The summed E-state index contributed by atoms with van der Waals surface area (Å²) < 4.78 is 12.6. The molecule has 1 unspecified atom stereocenters. The van der Waals surface area contributed by atoms with Crippen molar-refractivity contribution < 1.29 is 4.39 Å². The molecule has 0 radical (unpaired) electrons. The SMILES string of the molecule is CC(Nc1ccc(F)nc1)C1CCCC1. The van der Waals surface area contributed by atoms with Crippen molar-refractivity contribution in [3.63, 3.8) is 0 Å². The van der Waals surface area contributed by atoms with E-state index >= 15 is 0 Å². The van der Waals surface area contributed by atoms with Gasteiger partial charge in [-0.1, -0.05) is 12.8 Å². The van der Waals surface area contributed by atoms with Gasteiger partial charge in [0.15, 0.2) is 0 Å². The highest BCUT2D eigenvalue weighted by Crippen LogP contribution is 2.29. The van der Waals surface area contributed by atoms with Crippen LogP contribution >= 0.6 is 0 Å². The molecule has 1 fully saturated rings. The molecule has 1 aromatic heterocycles. The first-order valence-corrected chi connectivity index (χ1v) is 5.64. The summed E-state index contributed by atoms with van der Waals surface area (Å²) in [6.45, 7) is 2.19. The molecule has 2 nitrogen and oxygen atoms in total. The van der Waals surface area contributed by atoms with E-state index in [1.807, 2.05) is 0 Å². The molecule has 3 heteroatoms. The summed E-state index contributed by atoms with van der Waals surface area (Å²) >= 11 is 0. The molecule has 1 saturated carbocycles. The van der Waals surface area contributed by atoms with Crippen LogP contribution in [0.5, 0.6) is 0 Å². The van der Waals surface area contributed by atoms with Crippen molar-refractivity contribution in [2.75, 3.05) is 5.32 Å². The predicted octanol–water partition coefficient (Wildman–Crippen LogP) is 3.21. The number of aromatic nitrogens is 1. The highest BCUT2D eigenvalue weighted by atomic mass is 19.1. The highest BCUT2D eigenvalue weighted by Gasteiger charge is 2.21. The maximum absolute atomic E-state index is 12.6. The van der Waals surface area contributed by atoms with E-state index < -0.39 is 5.95 Å². The van der Waals surface area contributed by atoms with Gasteiger partial charge in [-0.2, -0.15) is 4.39 Å². The molecule has 0 amide bonds. The number of hydrogen-bond acceptors (Lipinski definition) is 2. The van der Waals surface area contributed by atoms with Crippen molar-refractivity contribution in [3.05, 3.63) is 24.3 Å². The first-order valence-electron chi connectivity index (χ1n) is 5.64. The molecule has 82 valence electrons. The lowest BCUT2D eigenvalue weighted by Crippen LogP contribution is -2.23. The Balaban J connectivity index is 1.92. The number of hydrogen-bond donors (Lipinski definition) is 1. The molecule has 0 spiro atoms. The Morgan fingerprint density at radius 3 is 2.73 bits per heavy atom. The number of halogens is 1. The zero-order valence-corrected chi connectivity index (χ0v) is 9.04. The number of nitrogens with zero attached hydrogens (tertiary/aromatic N) is 1. The van der Waals surface area contributed by atoms with Gasteiger partial charge in [-0.25, -0.2) is 4.98 Å². The van der Waals surface area contributed by atoms with Crippen molar-refractivity contribution >= 4 is 5.69 Å². The van der Waals surface area contributed by atoms with E-state index in [0.717, 1.165) is 11.6 Å². The van der Waals surface area contributed by atoms with Gasteiger partial charge in [-0.15, -0.1) is 0 Å². The van der Waals surface area contributed by atoms with Crippen LogP contribution in [-0.2, 0) is 0 Å². The van der Waals surface area contributed by atoms with Crippen LogP contribution in [-0.4, -0.2) is 11.0 Å². The lowest BCUT2D eigenvalue weighted by Gasteiger charge is -2.21. The van der Waals surface area contributed by atoms with Gasteiger partial charge < -0.3 is 5.32 Å². The molecule has 1 N–H and O–H groups in total. The van der Waals surface area contributed by atoms with Crippen LogP contribution in [0.25, 0.3) is 0 Å². The average Bonchev–Trinajstić information content (AvgIpc) is 2.74. The maximum Gasteiger partial charge on any atom is 0.212 e. The monoisotopic (exact) mass is 208 g/mol. The normalized spacial score (nSPS) is 19.1. The van der Waals surface area contributed by atoms with E-state index in [1.54, 1.807) is 12.3 Å². The van der Waals surface area contributed by atoms with E-state index in [2.05, 4.69) is 17.2 Å². The molecule has 2 rings (SSSR count). The third-order valence-electron chi connectivity index (χ3n) is 3.23. The van der Waals surface area contributed by atoms with Crippen LogP contribution in [0.1, 0.15) is 32.6 Å². The Labute approximate surface area is 89.9 Å². The fourth-order valence-corrected chi connectivity index (χ4v) is 2.30. The van der Waals surface area contributed by atoms with Gasteiger partial charge in [0.2, 0.25) is 5.95 Å². The number of pyridine rings is 1. The molecule has 1 aromatic rings. The summed E-state index contributed by atoms with van der Waals surface area (Å²) in [6.07, 6.45) is 6.86. The molecule has 0 aliphatic heterocycles. The zero-order chi connectivity index (χ0) is 10.7. The lowest BCUT2D eigenvalue weighted by molar-refractivity contribution is 0.482. The molecule has 0 aromatic carbocycles. The summed E-state index contributed by atoms with van der Waals surface area (Å²) in [5.41, 5.74) is 0.913. The number of anilines is 1. The molecular weight excluding hydrogens is 191 g/mol. The second-order valence-electron chi connectivity index (χ2n) is 4.35. The van der Waals surface area contributed by atoms with Crippen LogP contribution in [0.2, 0.25) is 0 Å². The molecule has 1 heterocycles. The molecule has 1 aliphatic rings. The number of rotatable bonds is 3. The average molecular weight is 208 g/mol. The molecule has 1 atom stereocenters. The van der Waals surface area contributed by atoms with E-state index in [9.17, 15) is 4.39 Å². The van der Waals surface area contributed by atoms with Crippen molar-refractivity contribution in [2.45, 2.75) is 38.6 Å². The van der Waals surface area contributed by atoms with Crippen LogP contribution in [0, 0.1) is 11.9 Å². The minimum Gasteiger partial charge on any atom is -0.381 e. The predicted molar refractivity (Wildman–Crippen MR) is 59.2 cm³/mol. The lowest BCUT2D eigenvalue weighted by atomic mass is 10.00. The molecular formula is C12H17FN2. The van der Waals surface area contributed by atoms with Gasteiger partial charge in [0.25, 0.3) is 0 Å². The van der Waals surface area contributed by atoms with E-state index in [0.29, 0.717) is 6.04 Å². The van der Waals surface area contributed by atoms with E-state index in [-0.39, 0.29) is 0 Å². The van der Waals surface area contributed by atoms with Crippen LogP contribution in [0.3, 0.4) is 0 Å². The van der Waals surface area contributed by atoms with Crippen LogP contribution in [0.15, 0.2) is 18.3 Å². The first kappa shape index (κ1) is 10.4. The second-order valence-corrected chi connectivity index (χ2v) is 4.35. The summed E-state index contributed by atoms with van der Waals surface area (Å²) in [4.78, 5) is 3.63. The minimum absolute atomic E-state index is 0.422. The molecule has 0 saturated heterocycles. The van der Waals surface area contributed by atoms with Gasteiger partial charge in [0, 0.05) is 6.04 Å². The van der Waals surface area contributed by atoms with E-state index in [4.69, 9.17) is 0 Å². The Kier molecular flexibility index (Phi) is 3.19. The van der Waals surface area contributed by atoms with Gasteiger partial charge in [0.05, 0.1) is 11.9 Å². The summed E-state index contributed by atoms with van der Waals surface area (Å²) in [7, 11) is 0. The van der Waals surface area contributed by atoms with Crippen molar-refractivity contribution in [2.24, 2.45) is 5.92 Å². The summed E-state index contributed by atoms with van der Waals surface area (Å²) in [6, 6.07) is 3.59. The van der Waals surface area contributed by atoms with Gasteiger partial charge in [-0.3, -0.25) is 0 Å². The smallest absolute Gasteiger partial charge is 0.212 e. The minimum atomic E-state index is -0.422. The van der Waals surface area contributed by atoms with E-state index in [1.165, 1.54) is 31.7 Å². The Morgan fingerprint density at radius 2 is 2.13 bits per heavy atom. The quantitative estimate of drug-likeness (QED) is 0.771. The molecule has 1 aliphatic carbocycles. The standard InChI is InChI=1S/C12H17FN2/c1-9(10-4-2-3-5-10)15-11-6-7-12(13)14-8-11/h6-10,15H,2-5H2,1H3. The largest absolute Gasteiger partial charge is 0.381 e. The fraction of sp³-hybridized carbons (Fsp3) is 0.583. The Bertz CT molecular complexity index is 304. The maximum atomic E-state index is 12.6. The molecule has 0 bridgehead atoms. The van der Waals surface area contributed by atoms with Crippen molar-refractivity contribution in [1.29, 1.82) is 0 Å². The Hall–Kier alpha value is -1.12. The second kappa shape index (κ2) is 4.60. The first-order chi connectivity index (χ1) is 7.25. The van der Waals surface area contributed by atoms with Crippen LogP contribution in [0.4, 0.5) is 10.1 Å². The highest BCUT2D eigenvalue weighted by molar-refractivity contribution is 5.40. The third-order valence-corrected chi connectivity index (χ3v) is 3.23. The van der Waals surface area contributed by atoms with Crippen molar-refractivity contribution in [1.82, 2.24) is 4.98 Å². The van der Waals surface area contributed by atoms with Gasteiger partial charge in [-0.05, 0) is 37.8 Å². The fourth-order valence-electron chi connectivity index (χ4n) is 2.30. The van der Waals surface area contributed by atoms with Crippen molar-refractivity contribution in [3.8, 4) is 0 Å². The van der Waals surface area contributed by atoms with Crippen LogP contribution < -0.4 is 5.32 Å². The zero-order valence-electron chi connectivity index (χ0n) is 9.04. The number of nitrogens with one attached hydrogen (secondary N) is 1. The van der Waals surface area contributed by atoms with Gasteiger partial charge in [0.1, 0.15) is 0 Å². The summed E-state index contributed by atoms with van der Waals surface area (Å²) in [5.74, 6) is 0.337. The Morgan fingerprint density at radius 1 is 1.40 bits per heavy atom. The van der Waals surface area contributed by atoms with Gasteiger partial charge >= 0.3 is 0 Å².